The topological polar surface area (TPSA) is 93.9 Å². The summed E-state index contributed by atoms with van der Waals surface area (Å²) in [6.45, 7) is 2.38. The molecule has 2 aromatic rings. The Morgan fingerprint density at radius 3 is 2.90 bits per heavy atom. The van der Waals surface area contributed by atoms with E-state index in [2.05, 4.69) is 11.2 Å². The Morgan fingerprint density at radius 2 is 2.24 bits per heavy atom. The molecule has 0 saturated heterocycles. The Morgan fingerprint density at radius 1 is 1.48 bits per heavy atom. The van der Waals surface area contributed by atoms with Gasteiger partial charge in [0.1, 0.15) is 12.4 Å². The molecule has 0 amide bonds. The number of nitriles is 1. The molecule has 21 heavy (non-hydrogen) atoms. The van der Waals surface area contributed by atoms with E-state index in [1.807, 2.05) is 13.0 Å². The van der Waals surface area contributed by atoms with Gasteiger partial charge < -0.3 is 10.5 Å². The number of rotatable bonds is 5. The van der Waals surface area contributed by atoms with E-state index < -0.39 is 0 Å². The van der Waals surface area contributed by atoms with Crippen LogP contribution in [0.4, 0.5) is 0 Å². The van der Waals surface area contributed by atoms with Crippen LogP contribution in [0.1, 0.15) is 18.1 Å². The summed E-state index contributed by atoms with van der Waals surface area (Å²) in [6, 6.07) is 10.5. The highest BCUT2D eigenvalue weighted by Crippen LogP contribution is 2.09. The third kappa shape index (κ3) is 3.91. The van der Waals surface area contributed by atoms with Gasteiger partial charge in [-0.15, -0.1) is 0 Å². The molecule has 108 valence electrons. The van der Waals surface area contributed by atoms with Gasteiger partial charge in [-0.2, -0.15) is 10.4 Å². The van der Waals surface area contributed by atoms with Crippen molar-refractivity contribution in [2.24, 2.45) is 5.73 Å². The van der Waals surface area contributed by atoms with Gasteiger partial charge in [0, 0.05) is 12.1 Å². The summed E-state index contributed by atoms with van der Waals surface area (Å²) in [7, 11) is 0. The minimum absolute atomic E-state index is 0.116. The quantitative estimate of drug-likeness (QED) is 0.880. The summed E-state index contributed by atoms with van der Waals surface area (Å²) in [5.41, 5.74) is 6.58. The Labute approximate surface area is 122 Å². The van der Waals surface area contributed by atoms with E-state index in [1.54, 1.807) is 18.2 Å². The molecule has 0 aliphatic heterocycles. The average Bonchev–Trinajstić information content (AvgIpc) is 2.48. The Balaban J connectivity index is 2.18. The van der Waals surface area contributed by atoms with Crippen LogP contribution in [0.5, 0.6) is 5.75 Å². The number of nitrogens with two attached hydrogens (primary N) is 1. The smallest absolute Gasteiger partial charge is 0.270 e. The molecule has 2 rings (SSSR count). The Hall–Kier alpha value is -2.65. The van der Waals surface area contributed by atoms with Crippen molar-refractivity contribution in [2.45, 2.75) is 19.5 Å². The van der Waals surface area contributed by atoms with Crippen LogP contribution in [0.25, 0.3) is 0 Å². The SMILES string of the molecule is CC(N)COc1cnn(Cc2ccccc2C#N)c(=O)c1. The predicted molar refractivity (Wildman–Crippen MR) is 77.9 cm³/mol. The van der Waals surface area contributed by atoms with Crippen molar-refractivity contribution in [1.29, 1.82) is 5.26 Å². The summed E-state index contributed by atoms with van der Waals surface area (Å²) < 4.78 is 6.63. The third-order valence-electron chi connectivity index (χ3n) is 2.82. The van der Waals surface area contributed by atoms with Gasteiger partial charge in [0.15, 0.2) is 0 Å². The summed E-state index contributed by atoms with van der Waals surface area (Å²) in [4.78, 5) is 12.0. The monoisotopic (exact) mass is 284 g/mol. The molecule has 0 aliphatic rings. The van der Waals surface area contributed by atoms with Crippen molar-refractivity contribution >= 4 is 0 Å². The first-order chi connectivity index (χ1) is 10.1. The zero-order chi connectivity index (χ0) is 15.2. The van der Waals surface area contributed by atoms with Gasteiger partial charge >= 0.3 is 0 Å². The van der Waals surface area contributed by atoms with Crippen molar-refractivity contribution in [2.75, 3.05) is 6.61 Å². The van der Waals surface area contributed by atoms with Crippen molar-refractivity contribution in [3.05, 3.63) is 58.0 Å². The molecule has 1 atom stereocenters. The van der Waals surface area contributed by atoms with Crippen LogP contribution in [-0.2, 0) is 6.54 Å². The van der Waals surface area contributed by atoms with Crippen LogP contribution in [0.15, 0.2) is 41.3 Å². The van der Waals surface area contributed by atoms with Crippen LogP contribution in [0.3, 0.4) is 0 Å². The predicted octanol–water partition coefficient (Wildman–Crippen LogP) is 0.889. The lowest BCUT2D eigenvalue weighted by Gasteiger charge is -2.10. The van der Waals surface area contributed by atoms with Crippen LogP contribution < -0.4 is 16.0 Å². The summed E-state index contributed by atoms with van der Waals surface area (Å²) in [5.74, 6) is 0.391. The number of hydrogen-bond acceptors (Lipinski definition) is 5. The molecule has 1 aromatic heterocycles. The summed E-state index contributed by atoms with van der Waals surface area (Å²) in [5, 5.41) is 13.1. The minimum Gasteiger partial charge on any atom is -0.490 e. The molecule has 1 unspecified atom stereocenters. The highest BCUT2D eigenvalue weighted by Gasteiger charge is 2.06. The lowest BCUT2D eigenvalue weighted by molar-refractivity contribution is 0.293. The molecule has 0 saturated carbocycles. The van der Waals surface area contributed by atoms with Gasteiger partial charge in [-0.3, -0.25) is 4.79 Å². The average molecular weight is 284 g/mol. The zero-order valence-corrected chi connectivity index (χ0v) is 11.7. The molecule has 2 N–H and O–H groups in total. The fourth-order valence-corrected chi connectivity index (χ4v) is 1.77. The number of ether oxygens (including phenoxy) is 1. The highest BCUT2D eigenvalue weighted by atomic mass is 16.5. The fraction of sp³-hybridized carbons (Fsp3) is 0.267. The van der Waals surface area contributed by atoms with Crippen LogP contribution >= 0.6 is 0 Å². The van der Waals surface area contributed by atoms with Crippen LogP contribution in [0.2, 0.25) is 0 Å². The maximum Gasteiger partial charge on any atom is 0.270 e. The molecule has 6 nitrogen and oxygen atoms in total. The Bertz CT molecular complexity index is 716. The maximum absolute atomic E-state index is 12.0. The zero-order valence-electron chi connectivity index (χ0n) is 11.7. The molecule has 0 fully saturated rings. The second kappa shape index (κ2) is 6.68. The highest BCUT2D eigenvalue weighted by molar-refractivity contribution is 5.37. The molecule has 0 aliphatic carbocycles. The van der Waals surface area contributed by atoms with Gasteiger partial charge in [-0.1, -0.05) is 18.2 Å². The summed E-state index contributed by atoms with van der Waals surface area (Å²) >= 11 is 0. The number of benzene rings is 1. The van der Waals surface area contributed by atoms with Crippen molar-refractivity contribution < 1.29 is 4.74 Å². The van der Waals surface area contributed by atoms with Gasteiger partial charge in [0.2, 0.25) is 0 Å². The molecule has 0 radical (unpaired) electrons. The van der Waals surface area contributed by atoms with E-state index in [0.29, 0.717) is 17.9 Å². The van der Waals surface area contributed by atoms with Gasteiger partial charge in [-0.25, -0.2) is 4.68 Å². The number of nitrogens with zero attached hydrogens (tertiary/aromatic N) is 3. The first-order valence-electron chi connectivity index (χ1n) is 6.53. The second-order valence-corrected chi connectivity index (χ2v) is 4.74. The second-order valence-electron chi connectivity index (χ2n) is 4.74. The van der Waals surface area contributed by atoms with Crippen molar-refractivity contribution in [3.63, 3.8) is 0 Å². The molecule has 6 heteroatoms. The summed E-state index contributed by atoms with van der Waals surface area (Å²) in [6.07, 6.45) is 1.47. The molecule has 1 aromatic carbocycles. The van der Waals surface area contributed by atoms with E-state index in [4.69, 9.17) is 15.7 Å². The standard InChI is InChI=1S/C15H16N4O2/c1-11(17)10-21-14-6-15(20)19(18-8-14)9-13-5-3-2-4-12(13)7-16/h2-6,8,11H,9-10,17H2,1H3. The molecular formula is C15H16N4O2. The van der Waals surface area contributed by atoms with Crippen LogP contribution in [-0.4, -0.2) is 22.4 Å². The maximum atomic E-state index is 12.0. The largest absolute Gasteiger partial charge is 0.490 e. The van der Waals surface area contributed by atoms with E-state index in [9.17, 15) is 4.79 Å². The molecule has 0 spiro atoms. The third-order valence-corrected chi connectivity index (χ3v) is 2.82. The van der Waals surface area contributed by atoms with E-state index >= 15 is 0 Å². The van der Waals surface area contributed by atoms with Crippen LogP contribution in [0, 0.1) is 11.3 Å². The number of aromatic nitrogens is 2. The molecular weight excluding hydrogens is 268 g/mol. The Kier molecular flexibility index (Phi) is 4.69. The van der Waals surface area contributed by atoms with Crippen molar-refractivity contribution in [1.82, 2.24) is 9.78 Å². The van der Waals surface area contributed by atoms with E-state index in [0.717, 1.165) is 5.56 Å². The first kappa shape index (κ1) is 14.8. The number of hydrogen-bond donors (Lipinski definition) is 1. The lowest BCUT2D eigenvalue weighted by Crippen LogP contribution is -2.26. The lowest BCUT2D eigenvalue weighted by atomic mass is 10.1. The van der Waals surface area contributed by atoms with Gasteiger partial charge in [0.25, 0.3) is 5.56 Å². The van der Waals surface area contributed by atoms with Gasteiger partial charge in [0.05, 0.1) is 24.4 Å². The van der Waals surface area contributed by atoms with E-state index in [-0.39, 0.29) is 18.1 Å². The van der Waals surface area contributed by atoms with E-state index in [1.165, 1.54) is 16.9 Å². The molecule has 1 heterocycles. The normalized spacial score (nSPS) is 11.7. The fourth-order valence-electron chi connectivity index (χ4n) is 1.77. The van der Waals surface area contributed by atoms with Crippen molar-refractivity contribution in [3.8, 4) is 11.8 Å². The van der Waals surface area contributed by atoms with Gasteiger partial charge in [-0.05, 0) is 18.6 Å². The molecule has 0 bridgehead atoms. The first-order valence-corrected chi connectivity index (χ1v) is 6.53. The minimum atomic E-state index is -0.287.